The van der Waals surface area contributed by atoms with E-state index < -0.39 is 12.7 Å². The lowest BCUT2D eigenvalue weighted by Gasteiger charge is -2.16. The molecule has 2 unspecified atom stereocenters. The van der Waals surface area contributed by atoms with Gasteiger partial charge >= 0.3 is 6.61 Å². The van der Waals surface area contributed by atoms with E-state index in [1.54, 1.807) is 12.1 Å². The third-order valence-electron chi connectivity index (χ3n) is 3.54. The van der Waals surface area contributed by atoms with Crippen molar-refractivity contribution in [1.29, 1.82) is 0 Å². The topological polar surface area (TPSA) is 54.6 Å². The number of halogens is 2. The van der Waals surface area contributed by atoms with Crippen LogP contribution in [0.4, 0.5) is 8.78 Å². The van der Waals surface area contributed by atoms with Gasteiger partial charge in [0, 0.05) is 13.0 Å². The van der Waals surface area contributed by atoms with Gasteiger partial charge < -0.3 is 19.6 Å². The van der Waals surface area contributed by atoms with Gasteiger partial charge in [0.05, 0.1) is 12.1 Å². The Labute approximate surface area is 134 Å². The standard InChI is InChI=1S/C17H21F2NO3/c1-3-13-7-8-16(22-13)11(2)20-10-15(21)12-5-4-6-14(9-12)23-17(18)19/h4-9,11,15,17,20-21H,3,10H2,1-2H3. The number of rotatable bonds is 8. The molecule has 23 heavy (non-hydrogen) atoms. The van der Waals surface area contributed by atoms with Crippen molar-refractivity contribution in [2.75, 3.05) is 6.54 Å². The number of alkyl halides is 2. The van der Waals surface area contributed by atoms with Crippen LogP contribution in [0.2, 0.25) is 0 Å². The van der Waals surface area contributed by atoms with Gasteiger partial charge in [-0.2, -0.15) is 8.78 Å². The van der Waals surface area contributed by atoms with Crippen molar-refractivity contribution >= 4 is 0 Å². The van der Waals surface area contributed by atoms with E-state index >= 15 is 0 Å². The third kappa shape index (κ3) is 5.04. The molecule has 0 aliphatic carbocycles. The first-order chi connectivity index (χ1) is 11.0. The van der Waals surface area contributed by atoms with Crippen LogP contribution >= 0.6 is 0 Å². The molecule has 0 radical (unpaired) electrons. The predicted molar refractivity (Wildman–Crippen MR) is 82.5 cm³/mol. The number of ether oxygens (including phenoxy) is 1. The molecular weight excluding hydrogens is 304 g/mol. The number of hydrogen-bond donors (Lipinski definition) is 2. The second kappa shape index (κ2) is 8.08. The van der Waals surface area contributed by atoms with Crippen molar-refractivity contribution in [2.24, 2.45) is 0 Å². The van der Waals surface area contributed by atoms with Gasteiger partial charge in [0.15, 0.2) is 0 Å². The number of aryl methyl sites for hydroxylation is 1. The number of aliphatic hydroxyl groups excluding tert-OH is 1. The summed E-state index contributed by atoms with van der Waals surface area (Å²) in [5.41, 5.74) is 0.511. The summed E-state index contributed by atoms with van der Waals surface area (Å²) in [4.78, 5) is 0. The van der Waals surface area contributed by atoms with Crippen molar-refractivity contribution < 1.29 is 23.0 Å². The predicted octanol–water partition coefficient (Wildman–Crippen LogP) is 3.83. The number of aliphatic hydroxyl groups is 1. The number of benzene rings is 1. The normalized spacial score (nSPS) is 14.0. The molecule has 0 fully saturated rings. The minimum atomic E-state index is -2.88. The molecule has 0 aliphatic heterocycles. The molecule has 2 N–H and O–H groups in total. The van der Waals surface area contributed by atoms with Gasteiger partial charge in [-0.3, -0.25) is 0 Å². The fraction of sp³-hybridized carbons (Fsp3) is 0.412. The summed E-state index contributed by atoms with van der Waals surface area (Å²) >= 11 is 0. The van der Waals surface area contributed by atoms with Gasteiger partial charge in [0.1, 0.15) is 17.3 Å². The molecule has 1 aromatic carbocycles. The summed E-state index contributed by atoms with van der Waals surface area (Å²) in [6.07, 6.45) is -0.00833. The van der Waals surface area contributed by atoms with E-state index in [-0.39, 0.29) is 18.3 Å². The molecule has 2 rings (SSSR count). The van der Waals surface area contributed by atoms with Crippen molar-refractivity contribution in [3.63, 3.8) is 0 Å². The largest absolute Gasteiger partial charge is 0.464 e. The van der Waals surface area contributed by atoms with Gasteiger partial charge in [-0.05, 0) is 36.8 Å². The highest BCUT2D eigenvalue weighted by Crippen LogP contribution is 2.22. The molecule has 1 heterocycles. The summed E-state index contributed by atoms with van der Waals surface area (Å²) in [5.74, 6) is 1.73. The number of hydrogen-bond acceptors (Lipinski definition) is 4. The van der Waals surface area contributed by atoms with Crippen LogP contribution in [-0.2, 0) is 6.42 Å². The Bertz CT molecular complexity index is 615. The molecule has 1 aromatic heterocycles. The second-order valence-electron chi connectivity index (χ2n) is 5.25. The van der Waals surface area contributed by atoms with E-state index in [0.29, 0.717) is 5.56 Å². The molecule has 4 nitrogen and oxygen atoms in total. The zero-order valence-electron chi connectivity index (χ0n) is 13.1. The Morgan fingerprint density at radius 2 is 2.04 bits per heavy atom. The minimum Gasteiger partial charge on any atom is -0.464 e. The van der Waals surface area contributed by atoms with Gasteiger partial charge in [0.25, 0.3) is 0 Å². The molecule has 0 spiro atoms. The third-order valence-corrected chi connectivity index (χ3v) is 3.54. The van der Waals surface area contributed by atoms with Crippen molar-refractivity contribution in [1.82, 2.24) is 5.32 Å². The molecule has 0 saturated carbocycles. The molecule has 0 aliphatic rings. The van der Waals surface area contributed by atoms with Crippen molar-refractivity contribution in [3.05, 3.63) is 53.5 Å². The smallest absolute Gasteiger partial charge is 0.387 e. The average Bonchev–Trinajstić information content (AvgIpc) is 3.01. The Hall–Kier alpha value is -1.92. The summed E-state index contributed by atoms with van der Waals surface area (Å²) in [5, 5.41) is 13.4. The SMILES string of the molecule is CCc1ccc(C(C)NCC(O)c2cccc(OC(F)F)c2)o1. The lowest BCUT2D eigenvalue weighted by Crippen LogP contribution is -2.24. The summed E-state index contributed by atoms with van der Waals surface area (Å²) in [6, 6.07) is 9.83. The van der Waals surface area contributed by atoms with Gasteiger partial charge in [-0.15, -0.1) is 0 Å². The van der Waals surface area contributed by atoms with Gasteiger partial charge in [-0.25, -0.2) is 0 Å². The van der Waals surface area contributed by atoms with Crippen LogP contribution in [0.1, 0.15) is 43.1 Å². The first-order valence-electron chi connectivity index (χ1n) is 7.54. The average molecular weight is 325 g/mol. The van der Waals surface area contributed by atoms with Crippen LogP contribution in [0.25, 0.3) is 0 Å². The van der Waals surface area contributed by atoms with Crippen LogP contribution in [0.15, 0.2) is 40.8 Å². The van der Waals surface area contributed by atoms with Crippen molar-refractivity contribution in [3.8, 4) is 5.75 Å². The summed E-state index contributed by atoms with van der Waals surface area (Å²) in [6.45, 7) is 1.33. The number of furan rings is 1. The van der Waals surface area contributed by atoms with E-state index in [9.17, 15) is 13.9 Å². The maximum atomic E-state index is 12.2. The highest BCUT2D eigenvalue weighted by atomic mass is 19.3. The van der Waals surface area contributed by atoms with Crippen LogP contribution < -0.4 is 10.1 Å². The molecule has 0 bridgehead atoms. The lowest BCUT2D eigenvalue weighted by atomic mass is 10.1. The zero-order valence-corrected chi connectivity index (χ0v) is 13.1. The fourth-order valence-electron chi connectivity index (χ4n) is 2.22. The first-order valence-corrected chi connectivity index (χ1v) is 7.54. The highest BCUT2D eigenvalue weighted by Gasteiger charge is 2.14. The van der Waals surface area contributed by atoms with E-state index in [2.05, 4.69) is 10.1 Å². The van der Waals surface area contributed by atoms with E-state index in [4.69, 9.17) is 4.42 Å². The minimum absolute atomic E-state index is 0.0308. The van der Waals surface area contributed by atoms with E-state index in [0.717, 1.165) is 17.9 Å². The zero-order chi connectivity index (χ0) is 16.8. The Morgan fingerprint density at radius 1 is 1.26 bits per heavy atom. The molecular formula is C17H21F2NO3. The van der Waals surface area contributed by atoms with E-state index in [1.807, 2.05) is 26.0 Å². The Kier molecular flexibility index (Phi) is 6.12. The monoisotopic (exact) mass is 325 g/mol. The molecule has 126 valence electrons. The molecule has 0 saturated heterocycles. The molecule has 2 aromatic rings. The highest BCUT2D eigenvalue weighted by molar-refractivity contribution is 5.30. The van der Waals surface area contributed by atoms with Crippen LogP contribution in [0.5, 0.6) is 5.75 Å². The second-order valence-corrected chi connectivity index (χ2v) is 5.25. The lowest BCUT2D eigenvalue weighted by molar-refractivity contribution is -0.0499. The molecule has 2 atom stereocenters. The maximum absolute atomic E-state index is 12.2. The summed E-state index contributed by atoms with van der Waals surface area (Å²) < 4.78 is 34.4. The molecule has 0 amide bonds. The maximum Gasteiger partial charge on any atom is 0.387 e. The quantitative estimate of drug-likeness (QED) is 0.774. The first kappa shape index (κ1) is 17.4. The Balaban J connectivity index is 1.92. The van der Waals surface area contributed by atoms with E-state index in [1.165, 1.54) is 12.1 Å². The number of nitrogens with one attached hydrogen (secondary N) is 1. The molecule has 6 heteroatoms. The Morgan fingerprint density at radius 3 is 2.70 bits per heavy atom. The van der Waals surface area contributed by atoms with Crippen LogP contribution in [-0.4, -0.2) is 18.3 Å². The van der Waals surface area contributed by atoms with Crippen LogP contribution in [0.3, 0.4) is 0 Å². The summed E-state index contributed by atoms with van der Waals surface area (Å²) in [7, 11) is 0. The van der Waals surface area contributed by atoms with Crippen LogP contribution in [0, 0.1) is 0 Å². The van der Waals surface area contributed by atoms with Gasteiger partial charge in [0.2, 0.25) is 0 Å². The fourth-order valence-corrected chi connectivity index (χ4v) is 2.22. The van der Waals surface area contributed by atoms with Gasteiger partial charge in [-0.1, -0.05) is 19.1 Å². The van der Waals surface area contributed by atoms with Crippen molar-refractivity contribution in [2.45, 2.75) is 39.0 Å².